The Balaban J connectivity index is 1.94. The minimum Gasteiger partial charge on any atom is -0.507 e. The number of aromatic hydroxyl groups is 1. The van der Waals surface area contributed by atoms with Crippen LogP contribution in [0.3, 0.4) is 0 Å². The molecule has 1 heterocycles. The molecule has 0 fully saturated rings. The molecule has 1 amide bonds. The van der Waals surface area contributed by atoms with Crippen LogP contribution in [-0.4, -0.2) is 20.8 Å². The number of hydrogen-bond acceptors (Lipinski definition) is 3. The molecule has 0 aliphatic heterocycles. The van der Waals surface area contributed by atoms with Crippen molar-refractivity contribution in [3.63, 3.8) is 0 Å². The highest BCUT2D eigenvalue weighted by Gasteiger charge is 2.13. The topological polar surface area (TPSA) is 67.2 Å². The van der Waals surface area contributed by atoms with Crippen molar-refractivity contribution >= 4 is 11.6 Å². The molecule has 2 N–H and O–H groups in total. The molecule has 0 atom stereocenters. The van der Waals surface area contributed by atoms with E-state index in [1.54, 1.807) is 35.3 Å². The van der Waals surface area contributed by atoms with Crippen molar-refractivity contribution < 1.29 is 9.90 Å². The lowest BCUT2D eigenvalue weighted by molar-refractivity contribution is 0.102. The fraction of sp³-hybridized carbons (Fsp3) is 0.0588. The Labute approximate surface area is 127 Å². The van der Waals surface area contributed by atoms with Crippen molar-refractivity contribution in [3.8, 4) is 11.4 Å². The number of amides is 1. The first-order chi connectivity index (χ1) is 10.6. The van der Waals surface area contributed by atoms with Gasteiger partial charge in [-0.05, 0) is 37.3 Å². The van der Waals surface area contributed by atoms with Gasteiger partial charge in [-0.2, -0.15) is 5.10 Å². The van der Waals surface area contributed by atoms with Crippen LogP contribution in [0.25, 0.3) is 5.69 Å². The average molecular weight is 293 g/mol. The molecule has 3 aromatic rings. The number of phenolic OH excluding ortho intramolecular Hbond substituents is 1. The first-order valence-electron chi connectivity index (χ1n) is 6.85. The molecule has 0 saturated carbocycles. The van der Waals surface area contributed by atoms with Crippen LogP contribution in [0, 0.1) is 6.92 Å². The van der Waals surface area contributed by atoms with Gasteiger partial charge in [-0.25, -0.2) is 4.68 Å². The number of carbonyl (C=O) groups is 1. The normalized spacial score (nSPS) is 10.4. The molecular formula is C17H15N3O2. The minimum absolute atomic E-state index is 0.0420. The number of anilines is 1. The lowest BCUT2D eigenvalue weighted by atomic mass is 10.1. The summed E-state index contributed by atoms with van der Waals surface area (Å²) in [5, 5.41) is 16.9. The van der Waals surface area contributed by atoms with Gasteiger partial charge in [-0.3, -0.25) is 4.79 Å². The van der Waals surface area contributed by atoms with E-state index in [1.807, 2.05) is 31.2 Å². The molecule has 3 rings (SSSR count). The van der Waals surface area contributed by atoms with Crippen molar-refractivity contribution in [2.45, 2.75) is 6.92 Å². The Hall–Kier alpha value is -3.08. The van der Waals surface area contributed by atoms with E-state index < -0.39 is 0 Å². The summed E-state index contributed by atoms with van der Waals surface area (Å²) in [7, 11) is 0. The van der Waals surface area contributed by atoms with Gasteiger partial charge in [0.15, 0.2) is 0 Å². The van der Waals surface area contributed by atoms with Crippen molar-refractivity contribution in [2.24, 2.45) is 0 Å². The summed E-state index contributed by atoms with van der Waals surface area (Å²) in [5.74, 6) is -0.402. The van der Waals surface area contributed by atoms with Gasteiger partial charge >= 0.3 is 0 Å². The first-order valence-corrected chi connectivity index (χ1v) is 6.85. The maximum atomic E-state index is 12.4. The Morgan fingerprint density at radius 3 is 2.77 bits per heavy atom. The van der Waals surface area contributed by atoms with Crippen molar-refractivity contribution in [1.29, 1.82) is 0 Å². The quantitative estimate of drug-likeness (QED) is 0.779. The summed E-state index contributed by atoms with van der Waals surface area (Å²) in [6, 6.07) is 14.1. The summed E-state index contributed by atoms with van der Waals surface area (Å²) < 4.78 is 1.67. The van der Waals surface area contributed by atoms with E-state index in [1.165, 1.54) is 6.07 Å². The molecule has 0 radical (unpaired) electrons. The van der Waals surface area contributed by atoms with Gasteiger partial charge in [0, 0.05) is 12.4 Å². The molecular weight excluding hydrogens is 278 g/mol. The summed E-state index contributed by atoms with van der Waals surface area (Å²) in [5.41, 5.74) is 2.53. The molecule has 0 bridgehead atoms. The summed E-state index contributed by atoms with van der Waals surface area (Å²) >= 11 is 0. The van der Waals surface area contributed by atoms with Crippen LogP contribution in [0.15, 0.2) is 60.9 Å². The number of aryl methyl sites for hydroxylation is 1. The molecule has 110 valence electrons. The monoisotopic (exact) mass is 293 g/mol. The van der Waals surface area contributed by atoms with E-state index in [9.17, 15) is 9.90 Å². The van der Waals surface area contributed by atoms with E-state index in [2.05, 4.69) is 10.4 Å². The highest BCUT2D eigenvalue weighted by Crippen LogP contribution is 2.23. The van der Waals surface area contributed by atoms with E-state index in [0.29, 0.717) is 5.69 Å². The lowest BCUT2D eigenvalue weighted by Crippen LogP contribution is -2.14. The summed E-state index contributed by atoms with van der Waals surface area (Å²) in [4.78, 5) is 12.4. The average Bonchev–Trinajstić information content (AvgIpc) is 3.04. The van der Waals surface area contributed by atoms with Gasteiger partial charge in [-0.1, -0.05) is 23.8 Å². The molecule has 5 heteroatoms. The maximum absolute atomic E-state index is 12.4. The van der Waals surface area contributed by atoms with E-state index in [-0.39, 0.29) is 17.2 Å². The Kier molecular flexibility index (Phi) is 3.62. The number of carbonyl (C=O) groups excluding carboxylic acids is 1. The smallest absolute Gasteiger partial charge is 0.259 e. The van der Waals surface area contributed by atoms with Crippen LogP contribution in [-0.2, 0) is 0 Å². The number of nitrogens with one attached hydrogen (secondary N) is 1. The number of aromatic nitrogens is 2. The van der Waals surface area contributed by atoms with Crippen LogP contribution in [0.5, 0.6) is 5.75 Å². The molecule has 0 unspecified atom stereocenters. The highest BCUT2D eigenvalue weighted by molar-refractivity contribution is 6.07. The third-order valence-electron chi connectivity index (χ3n) is 3.30. The predicted octanol–water partition coefficient (Wildman–Crippen LogP) is 3.14. The number of phenols is 1. The van der Waals surface area contributed by atoms with Gasteiger partial charge in [0.05, 0.1) is 16.9 Å². The number of para-hydroxylation sites is 2. The van der Waals surface area contributed by atoms with Gasteiger partial charge in [0.1, 0.15) is 5.75 Å². The zero-order chi connectivity index (χ0) is 15.5. The van der Waals surface area contributed by atoms with Gasteiger partial charge < -0.3 is 10.4 Å². The molecule has 0 aliphatic rings. The zero-order valence-electron chi connectivity index (χ0n) is 12.0. The Morgan fingerprint density at radius 2 is 2.00 bits per heavy atom. The SMILES string of the molecule is Cc1ccc(O)c(C(=O)Nc2ccccc2-n2cccn2)c1. The second kappa shape index (κ2) is 5.73. The molecule has 5 nitrogen and oxygen atoms in total. The van der Waals surface area contributed by atoms with Crippen molar-refractivity contribution in [3.05, 3.63) is 72.1 Å². The minimum atomic E-state index is -0.360. The molecule has 2 aromatic carbocycles. The number of benzene rings is 2. The largest absolute Gasteiger partial charge is 0.507 e. The van der Waals surface area contributed by atoms with Crippen molar-refractivity contribution in [2.75, 3.05) is 5.32 Å². The van der Waals surface area contributed by atoms with E-state index in [4.69, 9.17) is 0 Å². The number of hydrogen-bond donors (Lipinski definition) is 2. The molecule has 0 spiro atoms. The fourth-order valence-corrected chi connectivity index (χ4v) is 2.21. The standard InChI is InChI=1S/C17H15N3O2/c1-12-7-8-16(21)13(11-12)17(22)19-14-5-2-3-6-15(14)20-10-4-9-18-20/h2-11,21H,1H3,(H,19,22). The second-order valence-corrected chi connectivity index (χ2v) is 4.94. The van der Waals surface area contributed by atoms with E-state index >= 15 is 0 Å². The molecule has 22 heavy (non-hydrogen) atoms. The Bertz CT molecular complexity index is 811. The van der Waals surface area contributed by atoms with Crippen LogP contribution < -0.4 is 5.32 Å². The van der Waals surface area contributed by atoms with Crippen LogP contribution in [0.4, 0.5) is 5.69 Å². The van der Waals surface area contributed by atoms with Gasteiger partial charge in [0.25, 0.3) is 5.91 Å². The second-order valence-electron chi connectivity index (χ2n) is 4.94. The van der Waals surface area contributed by atoms with Crippen LogP contribution in [0.1, 0.15) is 15.9 Å². The fourth-order valence-electron chi connectivity index (χ4n) is 2.21. The summed E-state index contributed by atoms with van der Waals surface area (Å²) in [6.45, 7) is 1.87. The molecule has 0 aliphatic carbocycles. The summed E-state index contributed by atoms with van der Waals surface area (Å²) in [6.07, 6.45) is 3.47. The van der Waals surface area contributed by atoms with Crippen LogP contribution >= 0.6 is 0 Å². The molecule has 1 aromatic heterocycles. The zero-order valence-corrected chi connectivity index (χ0v) is 12.0. The first kappa shape index (κ1) is 13.9. The number of rotatable bonds is 3. The van der Waals surface area contributed by atoms with Crippen LogP contribution in [0.2, 0.25) is 0 Å². The number of nitrogens with zero attached hydrogens (tertiary/aromatic N) is 2. The third-order valence-corrected chi connectivity index (χ3v) is 3.30. The highest BCUT2D eigenvalue weighted by atomic mass is 16.3. The third kappa shape index (κ3) is 2.69. The lowest BCUT2D eigenvalue weighted by Gasteiger charge is -2.12. The van der Waals surface area contributed by atoms with E-state index in [0.717, 1.165) is 11.3 Å². The predicted molar refractivity (Wildman–Crippen MR) is 84.4 cm³/mol. The van der Waals surface area contributed by atoms with Gasteiger partial charge in [0.2, 0.25) is 0 Å². The molecule has 0 saturated heterocycles. The van der Waals surface area contributed by atoms with Gasteiger partial charge in [-0.15, -0.1) is 0 Å². The Morgan fingerprint density at radius 1 is 1.18 bits per heavy atom. The van der Waals surface area contributed by atoms with Crippen molar-refractivity contribution in [1.82, 2.24) is 9.78 Å². The maximum Gasteiger partial charge on any atom is 0.259 e.